The fourth-order valence-corrected chi connectivity index (χ4v) is 2.35. The number of carbonyl (C=O) groups excluding carboxylic acids is 2. The third-order valence-corrected chi connectivity index (χ3v) is 3.79. The Morgan fingerprint density at radius 1 is 0.760 bits per heavy atom. The minimum absolute atomic E-state index is 0.363. The summed E-state index contributed by atoms with van der Waals surface area (Å²) in [6, 6.07) is 15.2. The summed E-state index contributed by atoms with van der Waals surface area (Å²) in [7, 11) is 0. The molecule has 0 spiro atoms. The third kappa shape index (κ3) is 6.42. The van der Waals surface area contributed by atoms with E-state index in [2.05, 4.69) is 6.92 Å². The average Bonchev–Trinajstić information content (AvgIpc) is 2.65. The van der Waals surface area contributed by atoms with Crippen LogP contribution in [0.2, 0.25) is 0 Å². The van der Waals surface area contributed by atoms with Crippen LogP contribution in [-0.4, -0.2) is 18.5 Å². The van der Waals surface area contributed by atoms with Crippen LogP contribution in [-0.2, 0) is 4.74 Å². The maximum absolute atomic E-state index is 12.1. The van der Waals surface area contributed by atoms with Gasteiger partial charge in [-0.25, -0.2) is 9.59 Å². The number of esters is 2. The summed E-state index contributed by atoms with van der Waals surface area (Å²) >= 11 is 0. The van der Waals surface area contributed by atoms with Crippen LogP contribution in [0.3, 0.4) is 0 Å². The van der Waals surface area contributed by atoms with Crippen LogP contribution in [0.25, 0.3) is 0 Å². The smallest absolute Gasteiger partial charge is 0.343 e. The summed E-state index contributed by atoms with van der Waals surface area (Å²) in [4.78, 5) is 24.0. The first-order valence-electron chi connectivity index (χ1n) is 8.75. The molecule has 25 heavy (non-hydrogen) atoms. The molecule has 0 aliphatic heterocycles. The van der Waals surface area contributed by atoms with E-state index < -0.39 is 5.97 Å². The van der Waals surface area contributed by atoms with Crippen molar-refractivity contribution in [2.24, 2.45) is 0 Å². The fourth-order valence-electron chi connectivity index (χ4n) is 2.35. The zero-order valence-electron chi connectivity index (χ0n) is 14.6. The van der Waals surface area contributed by atoms with Gasteiger partial charge in [0.2, 0.25) is 0 Å². The minimum Gasteiger partial charge on any atom is -0.462 e. The van der Waals surface area contributed by atoms with Crippen molar-refractivity contribution in [3.8, 4) is 5.75 Å². The molecular formula is C21H24O4. The first kappa shape index (κ1) is 18.7. The van der Waals surface area contributed by atoms with Gasteiger partial charge < -0.3 is 9.47 Å². The highest BCUT2D eigenvalue weighted by molar-refractivity contribution is 5.94. The van der Waals surface area contributed by atoms with Crippen molar-refractivity contribution in [3.05, 3.63) is 65.7 Å². The Labute approximate surface area is 148 Å². The molecule has 0 aliphatic rings. The highest BCUT2D eigenvalue weighted by atomic mass is 16.5. The molecule has 0 bridgehead atoms. The molecule has 4 nitrogen and oxygen atoms in total. The molecule has 0 N–H and O–H groups in total. The van der Waals surface area contributed by atoms with Crippen molar-refractivity contribution in [2.75, 3.05) is 6.61 Å². The van der Waals surface area contributed by atoms with Crippen LogP contribution in [0.4, 0.5) is 0 Å². The molecule has 132 valence electrons. The molecule has 0 aliphatic carbocycles. The largest absolute Gasteiger partial charge is 0.462 e. The van der Waals surface area contributed by atoms with Gasteiger partial charge in [-0.05, 0) is 42.8 Å². The molecule has 2 rings (SSSR count). The average molecular weight is 340 g/mol. The van der Waals surface area contributed by atoms with Gasteiger partial charge in [0, 0.05) is 0 Å². The third-order valence-electron chi connectivity index (χ3n) is 3.79. The first-order valence-corrected chi connectivity index (χ1v) is 8.75. The Balaban J connectivity index is 1.80. The van der Waals surface area contributed by atoms with Crippen LogP contribution < -0.4 is 4.74 Å². The lowest BCUT2D eigenvalue weighted by molar-refractivity contribution is 0.0497. The second-order valence-electron chi connectivity index (χ2n) is 5.83. The van der Waals surface area contributed by atoms with Crippen molar-refractivity contribution in [3.63, 3.8) is 0 Å². The minimum atomic E-state index is -0.456. The van der Waals surface area contributed by atoms with E-state index >= 15 is 0 Å². The van der Waals surface area contributed by atoms with Crippen molar-refractivity contribution >= 4 is 11.9 Å². The number of carbonyl (C=O) groups is 2. The monoisotopic (exact) mass is 340 g/mol. The molecule has 4 heteroatoms. The number of hydrogen-bond donors (Lipinski definition) is 0. The van der Waals surface area contributed by atoms with Gasteiger partial charge in [-0.3, -0.25) is 0 Å². The highest BCUT2D eigenvalue weighted by Crippen LogP contribution is 2.13. The quantitative estimate of drug-likeness (QED) is 0.365. The summed E-state index contributed by atoms with van der Waals surface area (Å²) in [6.45, 7) is 2.60. The molecule has 2 aromatic rings. The molecule has 0 radical (unpaired) electrons. The lowest BCUT2D eigenvalue weighted by Crippen LogP contribution is -2.10. The summed E-state index contributed by atoms with van der Waals surface area (Å²) < 4.78 is 10.5. The van der Waals surface area contributed by atoms with E-state index in [1.54, 1.807) is 48.5 Å². The zero-order chi connectivity index (χ0) is 17.9. The lowest BCUT2D eigenvalue weighted by Gasteiger charge is -2.06. The van der Waals surface area contributed by atoms with Crippen molar-refractivity contribution < 1.29 is 19.1 Å². The topological polar surface area (TPSA) is 52.6 Å². The molecule has 0 atom stereocenters. The molecule has 0 unspecified atom stereocenters. The number of rotatable bonds is 9. The van der Waals surface area contributed by atoms with Crippen molar-refractivity contribution in [1.29, 1.82) is 0 Å². The van der Waals surface area contributed by atoms with E-state index in [0.29, 0.717) is 23.5 Å². The summed E-state index contributed by atoms with van der Waals surface area (Å²) in [5.74, 6) is -0.334. The van der Waals surface area contributed by atoms with Crippen LogP contribution in [0.15, 0.2) is 54.6 Å². The molecule has 0 aromatic heterocycles. The predicted octanol–water partition coefficient (Wildman–Crippen LogP) is 5.03. The van der Waals surface area contributed by atoms with Gasteiger partial charge in [0.15, 0.2) is 0 Å². The van der Waals surface area contributed by atoms with Crippen LogP contribution >= 0.6 is 0 Å². The summed E-state index contributed by atoms with van der Waals surface area (Å²) in [5.41, 5.74) is 0.824. The SMILES string of the molecule is CCCCCCCOC(=O)c1ccc(C(=O)Oc2ccccc2)cc1. The number of unbranched alkanes of at least 4 members (excludes halogenated alkanes) is 4. The molecule has 0 amide bonds. The first-order chi connectivity index (χ1) is 12.2. The second-order valence-corrected chi connectivity index (χ2v) is 5.83. The number of benzene rings is 2. The van der Waals surface area contributed by atoms with Gasteiger partial charge in [0.1, 0.15) is 5.75 Å². The van der Waals surface area contributed by atoms with E-state index in [-0.39, 0.29) is 5.97 Å². The zero-order valence-corrected chi connectivity index (χ0v) is 14.6. The van der Waals surface area contributed by atoms with E-state index in [0.717, 1.165) is 12.8 Å². The van der Waals surface area contributed by atoms with E-state index in [9.17, 15) is 9.59 Å². The Morgan fingerprint density at radius 2 is 1.36 bits per heavy atom. The number of para-hydroxylation sites is 1. The summed E-state index contributed by atoms with van der Waals surface area (Å²) in [6.07, 6.45) is 5.54. The standard InChI is InChI=1S/C21H24O4/c1-2-3-4-5-9-16-24-20(22)17-12-14-18(15-13-17)21(23)25-19-10-7-6-8-11-19/h6-8,10-15H,2-5,9,16H2,1H3. The fraction of sp³-hybridized carbons (Fsp3) is 0.333. The Kier molecular flexibility index (Phi) is 7.70. The molecular weight excluding hydrogens is 316 g/mol. The molecule has 0 fully saturated rings. The molecule has 2 aromatic carbocycles. The van der Waals surface area contributed by atoms with Crippen LogP contribution in [0, 0.1) is 0 Å². The normalized spacial score (nSPS) is 10.3. The lowest BCUT2D eigenvalue weighted by atomic mass is 10.1. The van der Waals surface area contributed by atoms with Gasteiger partial charge in [0.25, 0.3) is 0 Å². The number of ether oxygens (including phenoxy) is 2. The van der Waals surface area contributed by atoms with Gasteiger partial charge >= 0.3 is 11.9 Å². The van der Waals surface area contributed by atoms with Gasteiger partial charge in [0.05, 0.1) is 17.7 Å². The van der Waals surface area contributed by atoms with E-state index in [1.165, 1.54) is 19.3 Å². The summed E-state index contributed by atoms with van der Waals surface area (Å²) in [5, 5.41) is 0. The maximum Gasteiger partial charge on any atom is 0.343 e. The molecule has 0 saturated heterocycles. The van der Waals surface area contributed by atoms with Crippen molar-refractivity contribution in [1.82, 2.24) is 0 Å². The predicted molar refractivity (Wildman–Crippen MR) is 96.9 cm³/mol. The van der Waals surface area contributed by atoms with Gasteiger partial charge in [-0.1, -0.05) is 50.8 Å². The maximum atomic E-state index is 12.1. The molecule has 0 heterocycles. The Morgan fingerprint density at radius 3 is 2.00 bits per heavy atom. The Bertz CT molecular complexity index is 662. The van der Waals surface area contributed by atoms with Gasteiger partial charge in [-0.2, -0.15) is 0 Å². The van der Waals surface area contributed by atoms with E-state index in [4.69, 9.17) is 9.47 Å². The van der Waals surface area contributed by atoms with Gasteiger partial charge in [-0.15, -0.1) is 0 Å². The highest BCUT2D eigenvalue weighted by Gasteiger charge is 2.11. The Hall–Kier alpha value is -2.62. The molecule has 0 saturated carbocycles. The number of hydrogen-bond acceptors (Lipinski definition) is 4. The van der Waals surface area contributed by atoms with Crippen molar-refractivity contribution in [2.45, 2.75) is 39.0 Å². The second kappa shape index (κ2) is 10.3. The van der Waals surface area contributed by atoms with E-state index in [1.807, 2.05) is 6.07 Å². The van der Waals surface area contributed by atoms with Crippen LogP contribution in [0.5, 0.6) is 5.75 Å². The van der Waals surface area contributed by atoms with Crippen LogP contribution in [0.1, 0.15) is 59.7 Å².